The number of fused-ring (bicyclic) bond motifs is 1. The van der Waals surface area contributed by atoms with E-state index in [4.69, 9.17) is 17.0 Å². The average Bonchev–Trinajstić information content (AvgIpc) is 2.97. The number of carbonyl (C=O) groups is 2. The smallest absolute Gasteiger partial charge is 0.331 e. The highest BCUT2D eigenvalue weighted by Crippen LogP contribution is 2.39. The lowest BCUT2D eigenvalue weighted by Gasteiger charge is -2.24. The third-order valence-corrected chi connectivity index (χ3v) is 6.07. The zero-order valence-corrected chi connectivity index (χ0v) is 17.1. The fourth-order valence-corrected chi connectivity index (χ4v) is 4.63. The molecule has 2 aromatic carbocycles. The fourth-order valence-electron chi connectivity index (χ4n) is 3.31. The number of carboxylic acids is 1. The predicted molar refractivity (Wildman–Crippen MR) is 116 cm³/mol. The number of carbonyl (C=O) groups excluding carboxylic acids is 1. The van der Waals surface area contributed by atoms with Crippen LogP contribution in [-0.2, 0) is 9.59 Å². The number of thioether (sulfide) groups is 1. The first kappa shape index (κ1) is 19.4. The van der Waals surface area contributed by atoms with Crippen LogP contribution < -0.4 is 4.74 Å². The van der Waals surface area contributed by atoms with E-state index in [-0.39, 0.29) is 10.4 Å². The van der Waals surface area contributed by atoms with E-state index in [0.29, 0.717) is 10.5 Å². The number of amides is 1. The minimum absolute atomic E-state index is 0.225. The Kier molecular flexibility index (Phi) is 5.25. The van der Waals surface area contributed by atoms with Crippen molar-refractivity contribution in [2.75, 3.05) is 0 Å². The van der Waals surface area contributed by atoms with Crippen LogP contribution in [0.1, 0.15) is 24.1 Å². The molecule has 2 aliphatic heterocycles. The Bertz CT molecular complexity index is 1060. The third kappa shape index (κ3) is 3.71. The van der Waals surface area contributed by atoms with Crippen LogP contribution in [0.25, 0.3) is 6.08 Å². The molecule has 1 fully saturated rings. The quantitative estimate of drug-likeness (QED) is 0.580. The predicted octanol–water partition coefficient (Wildman–Crippen LogP) is 4.42. The van der Waals surface area contributed by atoms with Crippen LogP contribution in [0.3, 0.4) is 0 Å². The lowest BCUT2D eigenvalue weighted by molar-refractivity contribution is -0.145. The standard InChI is InChI=1S/C22H17NO4S2/c1-13-16(11-15-9-5-6-10-17(15)27-13)12-18-20(24)23(22(28)29-18)19(21(25)26)14-7-3-2-4-8-14/h2-13,19H,1H3,(H,25,26)/b18-12+/t13-,19-/m1/s1. The summed E-state index contributed by atoms with van der Waals surface area (Å²) in [4.78, 5) is 26.6. The van der Waals surface area contributed by atoms with E-state index in [1.54, 1.807) is 36.4 Å². The van der Waals surface area contributed by atoms with Gasteiger partial charge in [-0.25, -0.2) is 4.79 Å². The molecule has 0 unspecified atom stereocenters. The number of hydrogen-bond acceptors (Lipinski definition) is 5. The first-order valence-electron chi connectivity index (χ1n) is 8.98. The van der Waals surface area contributed by atoms with Gasteiger partial charge in [0.1, 0.15) is 16.2 Å². The molecule has 2 atom stereocenters. The molecule has 146 valence electrons. The van der Waals surface area contributed by atoms with E-state index in [2.05, 4.69) is 0 Å². The monoisotopic (exact) mass is 423 g/mol. The van der Waals surface area contributed by atoms with Gasteiger partial charge in [-0.15, -0.1) is 0 Å². The second-order valence-corrected chi connectivity index (χ2v) is 8.32. The Hall–Kier alpha value is -2.90. The van der Waals surface area contributed by atoms with Crippen LogP contribution in [0.4, 0.5) is 0 Å². The van der Waals surface area contributed by atoms with Crippen molar-refractivity contribution in [2.24, 2.45) is 0 Å². The van der Waals surface area contributed by atoms with Crippen molar-refractivity contribution in [3.8, 4) is 5.75 Å². The van der Waals surface area contributed by atoms with Gasteiger partial charge in [0.25, 0.3) is 5.91 Å². The molecule has 0 bridgehead atoms. The number of para-hydroxylation sites is 1. The van der Waals surface area contributed by atoms with Crippen LogP contribution in [0.15, 0.2) is 71.2 Å². The first-order valence-corrected chi connectivity index (χ1v) is 10.2. The zero-order valence-electron chi connectivity index (χ0n) is 15.4. The summed E-state index contributed by atoms with van der Waals surface area (Å²) >= 11 is 6.47. The number of hydrogen-bond donors (Lipinski definition) is 1. The SMILES string of the molecule is C[C@H]1Oc2ccccc2C=C1/C=C1/SC(=S)N([C@@H](C(=O)O)c2ccccc2)C1=O. The maximum atomic E-state index is 13.1. The zero-order chi connectivity index (χ0) is 20.5. The summed E-state index contributed by atoms with van der Waals surface area (Å²) in [5.41, 5.74) is 2.26. The largest absolute Gasteiger partial charge is 0.485 e. The number of benzene rings is 2. The van der Waals surface area contributed by atoms with Gasteiger partial charge >= 0.3 is 5.97 Å². The average molecular weight is 424 g/mol. The van der Waals surface area contributed by atoms with Crippen LogP contribution in [0.2, 0.25) is 0 Å². The van der Waals surface area contributed by atoms with Gasteiger partial charge in [-0.05, 0) is 36.3 Å². The van der Waals surface area contributed by atoms with Gasteiger partial charge < -0.3 is 9.84 Å². The lowest BCUT2D eigenvalue weighted by Crippen LogP contribution is -2.37. The molecule has 0 saturated carbocycles. The molecule has 7 heteroatoms. The molecule has 4 rings (SSSR count). The molecular weight excluding hydrogens is 406 g/mol. The van der Waals surface area contributed by atoms with Gasteiger partial charge in [0.2, 0.25) is 0 Å². The molecule has 2 aliphatic rings. The minimum Gasteiger partial charge on any atom is -0.485 e. The van der Waals surface area contributed by atoms with E-state index in [1.165, 1.54) is 4.90 Å². The molecule has 29 heavy (non-hydrogen) atoms. The molecular formula is C22H17NO4S2. The summed E-state index contributed by atoms with van der Waals surface area (Å²) in [5, 5.41) is 9.77. The second kappa shape index (κ2) is 7.85. The molecule has 0 spiro atoms. The number of thiocarbonyl (C=S) groups is 1. The maximum Gasteiger partial charge on any atom is 0.331 e. The van der Waals surface area contributed by atoms with E-state index >= 15 is 0 Å². The Labute approximate surface area is 177 Å². The molecule has 0 radical (unpaired) electrons. The van der Waals surface area contributed by atoms with E-state index in [0.717, 1.165) is 28.6 Å². The highest BCUT2D eigenvalue weighted by molar-refractivity contribution is 8.26. The lowest BCUT2D eigenvalue weighted by atomic mass is 10.0. The summed E-state index contributed by atoms with van der Waals surface area (Å²) in [6.45, 7) is 1.91. The maximum absolute atomic E-state index is 13.1. The highest BCUT2D eigenvalue weighted by Gasteiger charge is 2.41. The van der Waals surface area contributed by atoms with E-state index in [1.807, 2.05) is 37.3 Å². The third-order valence-electron chi connectivity index (χ3n) is 4.74. The van der Waals surface area contributed by atoms with Crippen molar-refractivity contribution < 1.29 is 19.4 Å². The van der Waals surface area contributed by atoms with Gasteiger partial charge in [-0.2, -0.15) is 0 Å². The van der Waals surface area contributed by atoms with Crippen molar-refractivity contribution in [3.05, 3.63) is 82.3 Å². The number of aliphatic carboxylic acids is 1. The first-order chi connectivity index (χ1) is 14.0. The number of ether oxygens (including phenoxy) is 1. The van der Waals surface area contributed by atoms with Crippen molar-refractivity contribution in [1.29, 1.82) is 0 Å². The van der Waals surface area contributed by atoms with Gasteiger partial charge in [0.05, 0.1) is 4.91 Å². The van der Waals surface area contributed by atoms with Crippen LogP contribution >= 0.6 is 24.0 Å². The van der Waals surface area contributed by atoms with Gasteiger partial charge in [0, 0.05) is 5.56 Å². The molecule has 2 heterocycles. The molecule has 0 aromatic heterocycles. The number of nitrogens with zero attached hydrogens (tertiary/aromatic N) is 1. The number of carboxylic acid groups (broad SMARTS) is 1. The second-order valence-electron chi connectivity index (χ2n) is 6.65. The van der Waals surface area contributed by atoms with E-state index < -0.39 is 17.9 Å². The number of rotatable bonds is 4. The van der Waals surface area contributed by atoms with Crippen LogP contribution in [-0.4, -0.2) is 32.3 Å². The minimum atomic E-state index is -1.16. The van der Waals surface area contributed by atoms with Gasteiger partial charge in [-0.1, -0.05) is 72.5 Å². The fraction of sp³-hybridized carbons (Fsp3) is 0.136. The van der Waals surface area contributed by atoms with Gasteiger partial charge in [0.15, 0.2) is 6.04 Å². The summed E-state index contributed by atoms with van der Waals surface area (Å²) < 4.78 is 6.15. The molecule has 0 aliphatic carbocycles. The molecule has 1 N–H and O–H groups in total. The van der Waals surface area contributed by atoms with Crippen molar-refractivity contribution in [1.82, 2.24) is 4.90 Å². The summed E-state index contributed by atoms with van der Waals surface area (Å²) in [6.07, 6.45) is 3.48. The summed E-state index contributed by atoms with van der Waals surface area (Å²) in [5.74, 6) is -0.751. The molecule has 1 saturated heterocycles. The Morgan fingerprint density at radius 3 is 2.62 bits per heavy atom. The molecule has 1 amide bonds. The summed E-state index contributed by atoms with van der Waals surface area (Å²) in [7, 11) is 0. The van der Waals surface area contributed by atoms with Crippen molar-refractivity contribution >= 4 is 46.3 Å². The van der Waals surface area contributed by atoms with E-state index in [9.17, 15) is 14.7 Å². The highest BCUT2D eigenvalue weighted by atomic mass is 32.2. The topological polar surface area (TPSA) is 66.8 Å². The van der Waals surface area contributed by atoms with Gasteiger partial charge in [-0.3, -0.25) is 9.69 Å². The normalized spacial score (nSPS) is 20.9. The Balaban J connectivity index is 1.68. The van der Waals surface area contributed by atoms with Crippen LogP contribution in [0, 0.1) is 0 Å². The van der Waals surface area contributed by atoms with Crippen molar-refractivity contribution in [3.63, 3.8) is 0 Å². The Morgan fingerprint density at radius 2 is 1.90 bits per heavy atom. The van der Waals surface area contributed by atoms with Crippen LogP contribution in [0.5, 0.6) is 5.75 Å². The molecule has 2 aromatic rings. The molecule has 5 nitrogen and oxygen atoms in total. The van der Waals surface area contributed by atoms with Crippen molar-refractivity contribution in [2.45, 2.75) is 19.1 Å². The summed E-state index contributed by atoms with van der Waals surface area (Å²) in [6, 6.07) is 15.1. The Morgan fingerprint density at radius 1 is 1.21 bits per heavy atom.